The number of benzene rings is 10. The van der Waals surface area contributed by atoms with Gasteiger partial charge in [-0.25, -0.2) is 0 Å². The summed E-state index contributed by atoms with van der Waals surface area (Å²) in [5, 5.41) is 9.05. The standard InChI is InChI=1S/C62H50N2Si2/c1-65(2)57-27-17-26-55-61-54-39-33-46(44-30-36-52(37-31-44)64(49-22-13-7-14-23-49)50-24-15-8-16-25-50)41-59(54)66(3,4)60(61)42-56(62(55)57)53-38-32-45(40-58(53)65)43-28-34-51(35-29-43)63(47-18-9-5-10-19-47)48-20-11-6-12-21-48/h5-42H,1-4H3. The summed E-state index contributed by atoms with van der Waals surface area (Å²) in [4.78, 5) is 4.66. The Balaban J connectivity index is 0.907. The highest BCUT2D eigenvalue weighted by molar-refractivity contribution is 7.05. The molecule has 0 bridgehead atoms. The number of anilines is 6. The summed E-state index contributed by atoms with van der Waals surface area (Å²) in [7, 11) is -4.22. The van der Waals surface area contributed by atoms with Crippen molar-refractivity contribution in [2.24, 2.45) is 0 Å². The maximum absolute atomic E-state index is 2.63. The molecule has 0 aliphatic carbocycles. The molecule has 0 saturated heterocycles. The Morgan fingerprint density at radius 3 is 1.11 bits per heavy atom. The first-order valence-corrected chi connectivity index (χ1v) is 29.2. The van der Waals surface area contributed by atoms with Gasteiger partial charge >= 0.3 is 0 Å². The molecule has 0 fully saturated rings. The molecule has 0 atom stereocenters. The molecule has 2 aliphatic rings. The Kier molecular flexibility index (Phi) is 9.46. The normalized spacial score (nSPS) is 13.7. The van der Waals surface area contributed by atoms with Crippen LogP contribution in [0.2, 0.25) is 26.2 Å². The number of fused-ring (bicyclic) bond motifs is 6. The summed E-state index contributed by atoms with van der Waals surface area (Å²) in [6.45, 7) is 10.3. The quantitative estimate of drug-likeness (QED) is 0.140. The second kappa shape index (κ2) is 15.6. The van der Waals surface area contributed by atoms with Crippen molar-refractivity contribution in [2.45, 2.75) is 26.2 Å². The molecule has 0 radical (unpaired) electrons. The van der Waals surface area contributed by atoms with Crippen molar-refractivity contribution in [1.29, 1.82) is 0 Å². The van der Waals surface area contributed by atoms with E-state index in [0.29, 0.717) is 0 Å². The Morgan fingerprint density at radius 1 is 0.273 bits per heavy atom. The number of hydrogen-bond acceptors (Lipinski definition) is 2. The minimum absolute atomic E-state index is 1.14. The van der Waals surface area contributed by atoms with Gasteiger partial charge in [0.15, 0.2) is 0 Å². The van der Waals surface area contributed by atoms with E-state index in [9.17, 15) is 0 Å². The van der Waals surface area contributed by atoms with Crippen LogP contribution >= 0.6 is 0 Å². The van der Waals surface area contributed by atoms with E-state index >= 15 is 0 Å². The van der Waals surface area contributed by atoms with Gasteiger partial charge in [0.05, 0.1) is 0 Å². The molecule has 0 N–H and O–H groups in total. The molecular formula is C62H50N2Si2. The van der Waals surface area contributed by atoms with Crippen molar-refractivity contribution in [3.05, 3.63) is 231 Å². The van der Waals surface area contributed by atoms with Crippen molar-refractivity contribution in [3.63, 3.8) is 0 Å². The zero-order valence-electron chi connectivity index (χ0n) is 37.8. The van der Waals surface area contributed by atoms with Gasteiger partial charge in [-0.15, -0.1) is 0 Å². The Morgan fingerprint density at radius 2 is 0.652 bits per heavy atom. The molecular weight excluding hydrogens is 829 g/mol. The van der Waals surface area contributed by atoms with Crippen LogP contribution in [0.25, 0.3) is 55.3 Å². The van der Waals surface area contributed by atoms with Crippen LogP contribution in [0.3, 0.4) is 0 Å². The molecule has 12 rings (SSSR count). The zero-order chi connectivity index (χ0) is 44.6. The average Bonchev–Trinajstić information content (AvgIpc) is 3.60. The van der Waals surface area contributed by atoms with Crippen molar-refractivity contribution in [1.82, 2.24) is 0 Å². The Labute approximate surface area is 390 Å². The van der Waals surface area contributed by atoms with Crippen LogP contribution in [-0.2, 0) is 0 Å². The first-order valence-electron chi connectivity index (χ1n) is 23.2. The smallest absolute Gasteiger partial charge is 0.113 e. The summed E-state index contributed by atoms with van der Waals surface area (Å²) in [5.41, 5.74) is 17.6. The molecule has 0 spiro atoms. The second-order valence-corrected chi connectivity index (χ2v) is 27.6. The molecule has 0 saturated carbocycles. The van der Waals surface area contributed by atoms with Gasteiger partial charge in [0.25, 0.3) is 0 Å². The molecule has 4 heteroatoms. The third-order valence-electron chi connectivity index (χ3n) is 14.4. The van der Waals surface area contributed by atoms with E-state index in [1.54, 1.807) is 10.4 Å². The molecule has 66 heavy (non-hydrogen) atoms. The van der Waals surface area contributed by atoms with Gasteiger partial charge in [-0.2, -0.15) is 0 Å². The summed E-state index contributed by atoms with van der Waals surface area (Å²) in [6, 6.07) is 85.4. The van der Waals surface area contributed by atoms with Crippen LogP contribution in [0.5, 0.6) is 0 Å². The molecule has 10 aromatic carbocycles. The largest absolute Gasteiger partial charge is 0.311 e. The summed E-state index contributed by atoms with van der Waals surface area (Å²) in [6.07, 6.45) is 0. The van der Waals surface area contributed by atoms with Gasteiger partial charge in [0.2, 0.25) is 0 Å². The highest BCUT2D eigenvalue weighted by Gasteiger charge is 2.42. The fraction of sp³-hybridized carbons (Fsp3) is 0.0645. The van der Waals surface area contributed by atoms with Crippen LogP contribution in [-0.4, -0.2) is 16.1 Å². The molecule has 0 amide bonds. The number of nitrogens with zero attached hydrogens (tertiary/aromatic N) is 2. The van der Waals surface area contributed by atoms with Gasteiger partial charge in [-0.3, -0.25) is 0 Å². The van der Waals surface area contributed by atoms with Crippen LogP contribution in [0.1, 0.15) is 0 Å². The lowest BCUT2D eigenvalue weighted by Gasteiger charge is -2.35. The maximum Gasteiger partial charge on any atom is 0.113 e. The van der Waals surface area contributed by atoms with E-state index in [2.05, 4.69) is 267 Å². The maximum atomic E-state index is 2.63. The van der Waals surface area contributed by atoms with Crippen LogP contribution < -0.4 is 30.5 Å². The van der Waals surface area contributed by atoms with Gasteiger partial charge in [-0.1, -0.05) is 184 Å². The van der Waals surface area contributed by atoms with E-state index < -0.39 is 16.1 Å². The van der Waals surface area contributed by atoms with E-state index in [0.717, 1.165) is 34.1 Å². The predicted molar refractivity (Wildman–Crippen MR) is 289 cm³/mol. The van der Waals surface area contributed by atoms with Crippen molar-refractivity contribution < 1.29 is 0 Å². The van der Waals surface area contributed by atoms with Crippen molar-refractivity contribution >= 4 is 81.8 Å². The van der Waals surface area contributed by atoms with Gasteiger partial charge < -0.3 is 9.80 Å². The Bertz CT molecular complexity index is 3360. The third kappa shape index (κ3) is 6.43. The summed E-state index contributed by atoms with van der Waals surface area (Å²) >= 11 is 0. The number of rotatable bonds is 8. The minimum atomic E-state index is -2.11. The molecule has 2 heterocycles. The molecule has 2 nitrogen and oxygen atoms in total. The monoisotopic (exact) mass is 878 g/mol. The number of hydrogen-bond donors (Lipinski definition) is 0. The van der Waals surface area contributed by atoms with Crippen LogP contribution in [0.15, 0.2) is 231 Å². The first-order chi connectivity index (χ1) is 32.3. The minimum Gasteiger partial charge on any atom is -0.311 e. The highest BCUT2D eigenvalue weighted by Crippen LogP contribution is 2.43. The lowest BCUT2D eigenvalue weighted by molar-refractivity contribution is 1.28. The van der Waals surface area contributed by atoms with Crippen molar-refractivity contribution in [2.75, 3.05) is 9.80 Å². The predicted octanol–water partition coefficient (Wildman–Crippen LogP) is 14.7. The van der Waals surface area contributed by atoms with Crippen LogP contribution in [0, 0.1) is 0 Å². The molecule has 0 aromatic heterocycles. The van der Waals surface area contributed by atoms with Gasteiger partial charge in [0, 0.05) is 34.1 Å². The van der Waals surface area contributed by atoms with Crippen molar-refractivity contribution in [3.8, 4) is 44.5 Å². The SMILES string of the molecule is C[Si]1(C)c2cc(-c3ccc(N(c4ccccc4)c4ccccc4)cc3)ccc2-c2c1cc1c3c(cccc23)[Si](C)(C)c2cc(-c3ccc(N(c4ccccc4)c4ccccc4)cc3)ccc2-1. The Hall–Kier alpha value is -7.51. The van der Waals surface area contributed by atoms with Gasteiger partial charge in [-0.05, 0) is 149 Å². The van der Waals surface area contributed by atoms with E-state index in [1.165, 1.54) is 65.7 Å². The molecule has 316 valence electrons. The highest BCUT2D eigenvalue weighted by atomic mass is 28.3. The lowest BCUT2D eigenvalue weighted by atomic mass is 9.90. The summed E-state index contributed by atoms with van der Waals surface area (Å²) < 4.78 is 0. The van der Waals surface area contributed by atoms with Crippen LogP contribution in [0.4, 0.5) is 34.1 Å². The fourth-order valence-electron chi connectivity index (χ4n) is 11.0. The topological polar surface area (TPSA) is 6.48 Å². The fourth-order valence-corrected chi connectivity index (χ4v) is 17.2. The van der Waals surface area contributed by atoms with E-state index in [1.807, 2.05) is 0 Å². The summed E-state index contributed by atoms with van der Waals surface area (Å²) in [5.74, 6) is 0. The first kappa shape index (κ1) is 40.0. The number of para-hydroxylation sites is 4. The molecule has 0 unspecified atom stereocenters. The van der Waals surface area contributed by atoms with E-state index in [-0.39, 0.29) is 0 Å². The molecule has 2 aliphatic heterocycles. The molecule has 10 aromatic rings. The van der Waals surface area contributed by atoms with E-state index in [4.69, 9.17) is 0 Å². The third-order valence-corrected chi connectivity index (χ3v) is 21.5. The average molecular weight is 879 g/mol. The lowest BCUT2D eigenvalue weighted by Crippen LogP contribution is -2.56. The van der Waals surface area contributed by atoms with Gasteiger partial charge in [0.1, 0.15) is 16.1 Å². The zero-order valence-corrected chi connectivity index (χ0v) is 39.8. The second-order valence-electron chi connectivity index (χ2n) is 19.0.